The zero-order valence-electron chi connectivity index (χ0n) is 11.5. The average Bonchev–Trinajstić information content (AvgIpc) is 3.02. The van der Waals surface area contributed by atoms with Crippen LogP contribution >= 0.6 is 11.3 Å². The van der Waals surface area contributed by atoms with Crippen molar-refractivity contribution >= 4 is 22.2 Å². The van der Waals surface area contributed by atoms with Crippen molar-refractivity contribution in [2.75, 3.05) is 6.54 Å². The molecule has 0 aliphatic heterocycles. The Morgan fingerprint density at radius 1 is 1.15 bits per heavy atom. The Kier molecular flexibility index (Phi) is 4.09. The van der Waals surface area contributed by atoms with Crippen molar-refractivity contribution in [2.45, 2.75) is 19.4 Å². The summed E-state index contributed by atoms with van der Waals surface area (Å²) in [5.74, 6) is 0. The molecule has 3 heteroatoms. The highest BCUT2D eigenvalue weighted by Gasteiger charge is 2.17. The van der Waals surface area contributed by atoms with E-state index >= 15 is 0 Å². The lowest BCUT2D eigenvalue weighted by Gasteiger charge is -2.19. The molecule has 0 radical (unpaired) electrons. The van der Waals surface area contributed by atoms with Crippen LogP contribution in [0, 0.1) is 0 Å². The number of para-hydroxylation sites is 1. The maximum Gasteiger partial charge on any atom is 0.0753 e. The minimum absolute atomic E-state index is 0.230. The molecule has 102 valence electrons. The van der Waals surface area contributed by atoms with Crippen LogP contribution in [-0.2, 0) is 0 Å². The Hall–Kier alpha value is -1.71. The predicted molar refractivity (Wildman–Crippen MR) is 86.2 cm³/mol. The second-order valence-electron chi connectivity index (χ2n) is 4.82. The largest absolute Gasteiger partial charge is 0.306 e. The highest BCUT2D eigenvalue weighted by molar-refractivity contribution is 7.10. The van der Waals surface area contributed by atoms with Gasteiger partial charge in [-0.15, -0.1) is 11.3 Å². The number of hydrogen-bond donors (Lipinski definition) is 1. The third kappa shape index (κ3) is 2.60. The Labute approximate surface area is 123 Å². The quantitative estimate of drug-likeness (QED) is 0.751. The first kappa shape index (κ1) is 13.3. The molecule has 0 bridgehead atoms. The van der Waals surface area contributed by atoms with Crippen molar-refractivity contribution in [3.05, 3.63) is 64.5 Å². The van der Waals surface area contributed by atoms with Crippen LogP contribution in [-0.4, -0.2) is 11.5 Å². The van der Waals surface area contributed by atoms with E-state index in [4.69, 9.17) is 0 Å². The second-order valence-corrected chi connectivity index (χ2v) is 5.80. The van der Waals surface area contributed by atoms with E-state index in [1.165, 1.54) is 15.8 Å². The van der Waals surface area contributed by atoms with Crippen molar-refractivity contribution in [3.63, 3.8) is 0 Å². The van der Waals surface area contributed by atoms with Crippen LogP contribution in [0.1, 0.15) is 29.8 Å². The van der Waals surface area contributed by atoms with E-state index in [0.717, 1.165) is 18.5 Å². The number of aromatic nitrogens is 1. The van der Waals surface area contributed by atoms with Gasteiger partial charge in [0.1, 0.15) is 0 Å². The summed E-state index contributed by atoms with van der Waals surface area (Å²) in [5, 5.41) is 6.98. The maximum absolute atomic E-state index is 4.58. The molecular formula is C17H18N2S. The van der Waals surface area contributed by atoms with Crippen LogP contribution in [0.15, 0.2) is 54.0 Å². The summed E-state index contributed by atoms with van der Waals surface area (Å²) in [6.45, 7) is 3.20. The number of thiophene rings is 1. The Balaban J connectivity index is 2.09. The maximum atomic E-state index is 4.58. The fourth-order valence-corrected chi connectivity index (χ4v) is 3.29. The molecule has 1 N–H and O–H groups in total. The molecule has 20 heavy (non-hydrogen) atoms. The molecule has 0 aliphatic carbocycles. The molecule has 1 aromatic carbocycles. The van der Waals surface area contributed by atoms with Crippen LogP contribution < -0.4 is 5.32 Å². The summed E-state index contributed by atoms with van der Waals surface area (Å²) in [4.78, 5) is 5.93. The fourth-order valence-electron chi connectivity index (χ4n) is 2.47. The molecule has 2 aromatic heterocycles. The number of pyridine rings is 1. The molecule has 3 rings (SSSR count). The third-order valence-corrected chi connectivity index (χ3v) is 4.34. The number of rotatable bonds is 5. The minimum atomic E-state index is 0.230. The van der Waals surface area contributed by atoms with Crippen LogP contribution in [0.4, 0.5) is 0 Å². The summed E-state index contributed by atoms with van der Waals surface area (Å²) >= 11 is 1.79. The monoisotopic (exact) mass is 282 g/mol. The van der Waals surface area contributed by atoms with Crippen LogP contribution in [0.3, 0.4) is 0 Å². The van der Waals surface area contributed by atoms with Gasteiger partial charge in [-0.2, -0.15) is 0 Å². The van der Waals surface area contributed by atoms with Crippen molar-refractivity contribution in [2.24, 2.45) is 0 Å². The molecule has 2 nitrogen and oxygen atoms in total. The average molecular weight is 282 g/mol. The molecular weight excluding hydrogens is 264 g/mol. The lowest BCUT2D eigenvalue weighted by Crippen LogP contribution is -2.22. The van der Waals surface area contributed by atoms with Gasteiger partial charge in [0.15, 0.2) is 0 Å². The number of nitrogens with one attached hydrogen (secondary N) is 1. The van der Waals surface area contributed by atoms with Gasteiger partial charge in [0.2, 0.25) is 0 Å². The zero-order valence-corrected chi connectivity index (χ0v) is 12.4. The number of benzene rings is 1. The van der Waals surface area contributed by atoms with E-state index in [1.807, 2.05) is 12.3 Å². The van der Waals surface area contributed by atoms with E-state index in [9.17, 15) is 0 Å². The Morgan fingerprint density at radius 2 is 2.05 bits per heavy atom. The van der Waals surface area contributed by atoms with Gasteiger partial charge in [0.05, 0.1) is 11.6 Å². The van der Waals surface area contributed by atoms with Gasteiger partial charge in [-0.3, -0.25) is 4.98 Å². The molecule has 0 aliphatic rings. The molecule has 0 saturated heterocycles. The van der Waals surface area contributed by atoms with Gasteiger partial charge < -0.3 is 5.32 Å². The standard InChI is InChI=1S/C17H18N2S/c1-2-10-18-17(15-9-5-12-20-15)14-8-3-6-13-7-4-11-19-16(13)14/h3-9,11-12,17-18H,2,10H2,1H3. The topological polar surface area (TPSA) is 24.9 Å². The van der Waals surface area contributed by atoms with Gasteiger partial charge in [0, 0.05) is 22.0 Å². The molecule has 0 spiro atoms. The highest BCUT2D eigenvalue weighted by atomic mass is 32.1. The molecule has 3 aromatic rings. The van der Waals surface area contributed by atoms with E-state index in [1.54, 1.807) is 11.3 Å². The van der Waals surface area contributed by atoms with Crippen molar-refractivity contribution < 1.29 is 0 Å². The first-order valence-corrected chi connectivity index (χ1v) is 7.88. The van der Waals surface area contributed by atoms with E-state index in [2.05, 4.69) is 59.0 Å². The second kappa shape index (κ2) is 6.16. The van der Waals surface area contributed by atoms with Crippen molar-refractivity contribution in [1.29, 1.82) is 0 Å². The molecule has 1 unspecified atom stereocenters. The first-order valence-electron chi connectivity index (χ1n) is 7.00. The van der Waals surface area contributed by atoms with Gasteiger partial charge in [-0.25, -0.2) is 0 Å². The molecule has 2 heterocycles. The van der Waals surface area contributed by atoms with Crippen LogP contribution in [0.25, 0.3) is 10.9 Å². The SMILES string of the molecule is CCCNC(c1cccs1)c1cccc2cccnc12. The summed E-state index contributed by atoms with van der Waals surface area (Å²) < 4.78 is 0. The summed E-state index contributed by atoms with van der Waals surface area (Å²) in [7, 11) is 0. The normalized spacial score (nSPS) is 12.7. The molecule has 0 saturated carbocycles. The lowest BCUT2D eigenvalue weighted by atomic mass is 10.0. The van der Waals surface area contributed by atoms with Crippen molar-refractivity contribution in [3.8, 4) is 0 Å². The van der Waals surface area contributed by atoms with Gasteiger partial charge in [0.25, 0.3) is 0 Å². The Bertz CT molecular complexity index is 671. The molecule has 0 fully saturated rings. The number of nitrogens with zero attached hydrogens (tertiary/aromatic N) is 1. The van der Waals surface area contributed by atoms with E-state index in [0.29, 0.717) is 0 Å². The Morgan fingerprint density at radius 3 is 2.85 bits per heavy atom. The molecule has 1 atom stereocenters. The van der Waals surface area contributed by atoms with Gasteiger partial charge in [-0.05, 0) is 30.5 Å². The first-order chi connectivity index (χ1) is 9.90. The van der Waals surface area contributed by atoms with Gasteiger partial charge >= 0.3 is 0 Å². The van der Waals surface area contributed by atoms with Crippen LogP contribution in [0.2, 0.25) is 0 Å². The van der Waals surface area contributed by atoms with E-state index in [-0.39, 0.29) is 6.04 Å². The number of hydrogen-bond acceptors (Lipinski definition) is 3. The van der Waals surface area contributed by atoms with Crippen molar-refractivity contribution in [1.82, 2.24) is 10.3 Å². The van der Waals surface area contributed by atoms with Crippen LogP contribution in [0.5, 0.6) is 0 Å². The summed E-state index contributed by atoms with van der Waals surface area (Å²) in [6, 6.07) is 15.1. The fraction of sp³-hybridized carbons (Fsp3) is 0.235. The molecule has 0 amide bonds. The zero-order chi connectivity index (χ0) is 13.8. The van der Waals surface area contributed by atoms with E-state index < -0.39 is 0 Å². The smallest absolute Gasteiger partial charge is 0.0753 e. The minimum Gasteiger partial charge on any atom is -0.306 e. The third-order valence-electron chi connectivity index (χ3n) is 3.40. The lowest BCUT2D eigenvalue weighted by molar-refractivity contribution is 0.608. The highest BCUT2D eigenvalue weighted by Crippen LogP contribution is 2.30. The predicted octanol–water partition coefficient (Wildman–Crippen LogP) is 4.39. The summed E-state index contributed by atoms with van der Waals surface area (Å²) in [5.41, 5.74) is 2.36. The number of fused-ring (bicyclic) bond motifs is 1. The van der Waals surface area contributed by atoms with Gasteiger partial charge in [-0.1, -0.05) is 37.3 Å². The summed E-state index contributed by atoms with van der Waals surface area (Å²) in [6.07, 6.45) is 3.00.